The Hall–Kier alpha value is -4.19. The van der Waals surface area contributed by atoms with E-state index in [1.807, 2.05) is 37.3 Å². The molecule has 0 atom stereocenters. The van der Waals surface area contributed by atoms with Crippen LogP contribution in [0.15, 0.2) is 76.7 Å². The van der Waals surface area contributed by atoms with Gasteiger partial charge in [0, 0.05) is 30.7 Å². The maximum atomic E-state index is 12.6. The predicted octanol–water partition coefficient (Wildman–Crippen LogP) is 6.79. The summed E-state index contributed by atoms with van der Waals surface area (Å²) in [6.45, 7) is 6.02. The largest absolute Gasteiger partial charge is 0.573 e. The summed E-state index contributed by atoms with van der Waals surface area (Å²) < 4.78 is 41.0. The summed E-state index contributed by atoms with van der Waals surface area (Å²) in [7, 11) is 1.70. The second-order valence-electron chi connectivity index (χ2n) is 9.16. The highest BCUT2D eigenvalue weighted by molar-refractivity contribution is 8.15. The average molecular weight is 569 g/mol. The van der Waals surface area contributed by atoms with Crippen molar-refractivity contribution in [3.8, 4) is 5.75 Å². The van der Waals surface area contributed by atoms with Crippen molar-refractivity contribution >= 4 is 52.5 Å². The van der Waals surface area contributed by atoms with Crippen molar-refractivity contribution in [1.82, 2.24) is 9.97 Å². The highest BCUT2D eigenvalue weighted by atomic mass is 32.2. The average Bonchev–Trinajstić information content (AvgIpc) is 3.28. The van der Waals surface area contributed by atoms with Gasteiger partial charge in [-0.2, -0.15) is 5.10 Å². The molecule has 0 aliphatic carbocycles. The van der Waals surface area contributed by atoms with Crippen LogP contribution in [0.1, 0.15) is 37.8 Å². The van der Waals surface area contributed by atoms with Gasteiger partial charge in [-0.15, -0.1) is 18.3 Å². The third-order valence-electron chi connectivity index (χ3n) is 5.78. The number of carbonyl (C=O) groups excluding carboxylic acids is 1. The van der Waals surface area contributed by atoms with Crippen molar-refractivity contribution in [3.63, 3.8) is 0 Å². The summed E-state index contributed by atoms with van der Waals surface area (Å²) >= 11 is 1.35. The number of benzene rings is 2. The molecule has 2 heterocycles. The molecule has 8 nitrogen and oxygen atoms in total. The topological polar surface area (TPSA) is 83.3 Å². The minimum atomic E-state index is -4.75. The normalized spacial score (nSPS) is 15.5. The van der Waals surface area contributed by atoms with Crippen molar-refractivity contribution in [2.24, 2.45) is 10.2 Å². The summed E-state index contributed by atoms with van der Waals surface area (Å²) in [5.74, 6) is 0.575. The molecular weight excluding hydrogens is 541 g/mol. The van der Waals surface area contributed by atoms with Crippen LogP contribution in [0.5, 0.6) is 5.75 Å². The second kappa shape index (κ2) is 12.3. The summed E-state index contributed by atoms with van der Waals surface area (Å²) in [5, 5.41) is 9.04. The number of ether oxygens (including phenoxy) is 1. The first-order valence-corrected chi connectivity index (χ1v) is 13.3. The van der Waals surface area contributed by atoms with Gasteiger partial charge in [-0.25, -0.2) is 9.97 Å². The van der Waals surface area contributed by atoms with Crippen LogP contribution in [0.4, 0.5) is 30.5 Å². The standard InChI is InChI=1S/C28H27F3N6O2S/c1-18(2)23-7-5-6-8-24(23)37-25(38)17-40-27(37)35-34-14-19(3)13-20-15-32-26(33-16-20)36(4)21-9-11-22(12-10-21)39-28(29,30)31/h5-16,18H,17H2,1-4H3/b19-13+,34-14+,35-27-. The monoisotopic (exact) mass is 568 g/mol. The minimum Gasteiger partial charge on any atom is -0.406 e. The van der Waals surface area contributed by atoms with Crippen LogP contribution in [0.25, 0.3) is 6.08 Å². The number of para-hydroxylation sites is 1. The molecule has 0 radical (unpaired) electrons. The quantitative estimate of drug-likeness (QED) is 0.220. The molecule has 0 N–H and O–H groups in total. The second-order valence-corrected chi connectivity index (χ2v) is 10.1. The van der Waals surface area contributed by atoms with Gasteiger partial charge in [0.05, 0.1) is 17.7 Å². The smallest absolute Gasteiger partial charge is 0.406 e. The first kappa shape index (κ1) is 28.8. The third-order valence-corrected chi connectivity index (χ3v) is 6.69. The summed E-state index contributed by atoms with van der Waals surface area (Å²) in [6, 6.07) is 13.2. The van der Waals surface area contributed by atoms with Crippen molar-refractivity contribution in [2.75, 3.05) is 22.6 Å². The molecule has 4 rings (SSSR count). The molecule has 208 valence electrons. The highest BCUT2D eigenvalue weighted by Gasteiger charge is 2.32. The van der Waals surface area contributed by atoms with Gasteiger partial charge in [-0.1, -0.05) is 43.8 Å². The fourth-order valence-corrected chi connectivity index (χ4v) is 4.70. The van der Waals surface area contributed by atoms with E-state index in [9.17, 15) is 18.0 Å². The lowest BCUT2D eigenvalue weighted by atomic mass is 10.0. The molecule has 40 heavy (non-hydrogen) atoms. The van der Waals surface area contributed by atoms with Gasteiger partial charge in [0.25, 0.3) is 0 Å². The van der Waals surface area contributed by atoms with Crippen LogP contribution in [0.3, 0.4) is 0 Å². The van der Waals surface area contributed by atoms with Crippen molar-refractivity contribution in [3.05, 3.63) is 77.6 Å². The summed E-state index contributed by atoms with van der Waals surface area (Å²) in [5.41, 5.74) is 3.99. The van der Waals surface area contributed by atoms with Crippen LogP contribution in [0.2, 0.25) is 0 Å². The van der Waals surface area contributed by atoms with Gasteiger partial charge in [0.15, 0.2) is 5.17 Å². The molecule has 1 amide bonds. The van der Waals surface area contributed by atoms with Gasteiger partial charge in [0.2, 0.25) is 11.9 Å². The zero-order valence-corrected chi connectivity index (χ0v) is 23.1. The van der Waals surface area contributed by atoms with Gasteiger partial charge < -0.3 is 9.64 Å². The zero-order chi connectivity index (χ0) is 28.9. The molecule has 2 aromatic carbocycles. The van der Waals surface area contributed by atoms with E-state index < -0.39 is 6.36 Å². The van der Waals surface area contributed by atoms with Gasteiger partial charge in [0.1, 0.15) is 5.75 Å². The fourth-order valence-electron chi connectivity index (χ4n) is 3.89. The van der Waals surface area contributed by atoms with E-state index >= 15 is 0 Å². The van der Waals surface area contributed by atoms with E-state index in [0.717, 1.165) is 22.4 Å². The van der Waals surface area contributed by atoms with Gasteiger partial charge in [-0.05, 0) is 60.4 Å². The number of allylic oxidation sites excluding steroid dienone is 1. The SMILES string of the molecule is CC(/C=N/N=C1\SCC(=O)N1c1ccccc1C(C)C)=C\c1cnc(N(C)c2ccc(OC(F)(F)F)cc2)nc1. The number of anilines is 3. The molecular formula is C28H27F3N6O2S. The van der Waals surface area contributed by atoms with E-state index in [4.69, 9.17) is 0 Å². The predicted molar refractivity (Wildman–Crippen MR) is 153 cm³/mol. The van der Waals surface area contributed by atoms with E-state index in [1.165, 1.54) is 36.0 Å². The van der Waals surface area contributed by atoms with Gasteiger partial charge >= 0.3 is 6.36 Å². The number of hydrogen-bond acceptors (Lipinski definition) is 8. The number of halogens is 3. The molecule has 0 spiro atoms. The first-order valence-electron chi connectivity index (χ1n) is 12.3. The Morgan fingerprint density at radius 2 is 1.80 bits per heavy atom. The summed E-state index contributed by atoms with van der Waals surface area (Å²) in [4.78, 5) is 24.6. The molecule has 1 aliphatic rings. The Morgan fingerprint density at radius 3 is 2.45 bits per heavy atom. The number of thioether (sulfide) groups is 1. The number of nitrogens with zero attached hydrogens (tertiary/aromatic N) is 6. The molecule has 1 saturated heterocycles. The first-order chi connectivity index (χ1) is 19.0. The highest BCUT2D eigenvalue weighted by Crippen LogP contribution is 2.33. The minimum absolute atomic E-state index is 0.0351. The molecule has 0 saturated carbocycles. The lowest BCUT2D eigenvalue weighted by Gasteiger charge is -2.20. The third kappa shape index (κ3) is 7.26. The Balaban J connectivity index is 1.43. The Kier molecular flexibility index (Phi) is 8.88. The number of alkyl halides is 3. The van der Waals surface area contributed by atoms with E-state index in [-0.39, 0.29) is 17.6 Å². The van der Waals surface area contributed by atoms with Crippen molar-refractivity contribution in [1.29, 1.82) is 0 Å². The molecule has 3 aromatic rings. The van der Waals surface area contributed by atoms with E-state index in [0.29, 0.717) is 22.6 Å². The number of carbonyl (C=O) groups is 1. The van der Waals surface area contributed by atoms with Crippen LogP contribution >= 0.6 is 11.8 Å². The number of hydrogen-bond donors (Lipinski definition) is 0. The lowest BCUT2D eigenvalue weighted by Crippen LogP contribution is -2.30. The Labute approximate surface area is 234 Å². The number of amides is 1. The number of amidine groups is 1. The van der Waals surface area contributed by atoms with Crippen molar-refractivity contribution < 1.29 is 22.7 Å². The Morgan fingerprint density at radius 1 is 1.12 bits per heavy atom. The zero-order valence-electron chi connectivity index (χ0n) is 22.3. The lowest BCUT2D eigenvalue weighted by molar-refractivity contribution is -0.274. The molecule has 12 heteroatoms. The van der Waals surface area contributed by atoms with E-state index in [2.05, 4.69) is 38.8 Å². The molecule has 1 aliphatic heterocycles. The van der Waals surface area contributed by atoms with Crippen LogP contribution in [0, 0.1) is 0 Å². The molecule has 0 unspecified atom stereocenters. The maximum absolute atomic E-state index is 12.6. The van der Waals surface area contributed by atoms with Crippen LogP contribution in [-0.4, -0.2) is 46.4 Å². The van der Waals surface area contributed by atoms with Crippen LogP contribution in [-0.2, 0) is 4.79 Å². The van der Waals surface area contributed by atoms with Crippen molar-refractivity contribution in [2.45, 2.75) is 33.1 Å². The summed E-state index contributed by atoms with van der Waals surface area (Å²) in [6.07, 6.45) is 1.92. The van der Waals surface area contributed by atoms with Gasteiger partial charge in [-0.3, -0.25) is 9.69 Å². The molecule has 1 fully saturated rings. The van der Waals surface area contributed by atoms with E-state index in [1.54, 1.807) is 35.5 Å². The number of rotatable bonds is 8. The molecule has 1 aromatic heterocycles. The maximum Gasteiger partial charge on any atom is 0.573 e. The van der Waals surface area contributed by atoms with Crippen LogP contribution < -0.4 is 14.5 Å². The Bertz CT molecular complexity index is 1440. The molecule has 0 bridgehead atoms. The fraction of sp³-hybridized carbons (Fsp3) is 0.250. The number of aromatic nitrogens is 2.